The van der Waals surface area contributed by atoms with Crippen molar-refractivity contribution in [3.63, 3.8) is 0 Å². The van der Waals surface area contributed by atoms with Crippen molar-refractivity contribution >= 4 is 23.1 Å². The Bertz CT molecular complexity index is 1300. The largest absolute Gasteiger partial charge is 0.360 e. The van der Waals surface area contributed by atoms with E-state index >= 15 is 0 Å². The molecule has 10 heteroatoms. The molecular formula is C23H26N10. The molecule has 5 aromatic rings. The highest BCUT2D eigenvalue weighted by atomic mass is 15.3. The predicted molar refractivity (Wildman–Crippen MR) is 126 cm³/mol. The van der Waals surface area contributed by atoms with Gasteiger partial charge in [-0.05, 0) is 44.0 Å². The molecular weight excluding hydrogens is 416 g/mol. The van der Waals surface area contributed by atoms with Crippen molar-refractivity contribution in [3.05, 3.63) is 72.2 Å². The van der Waals surface area contributed by atoms with Gasteiger partial charge in [0.2, 0.25) is 5.95 Å². The average molecular weight is 443 g/mol. The molecule has 168 valence electrons. The number of fused-ring (bicyclic) bond motifs is 2. The second kappa shape index (κ2) is 8.45. The Morgan fingerprint density at radius 1 is 0.697 bits per heavy atom. The number of aromatic nitrogens is 8. The Labute approximate surface area is 191 Å². The highest BCUT2D eigenvalue weighted by molar-refractivity contribution is 5.46. The second-order valence-corrected chi connectivity index (χ2v) is 8.36. The van der Waals surface area contributed by atoms with Gasteiger partial charge < -0.3 is 10.6 Å². The number of rotatable bonds is 7. The maximum atomic E-state index is 4.73. The summed E-state index contributed by atoms with van der Waals surface area (Å²) in [5.41, 5.74) is 2.55. The first-order valence-electron chi connectivity index (χ1n) is 11.0. The van der Waals surface area contributed by atoms with Gasteiger partial charge in [-0.3, -0.25) is 8.80 Å². The van der Waals surface area contributed by atoms with Gasteiger partial charge in [0, 0.05) is 18.5 Å². The fourth-order valence-electron chi connectivity index (χ4n) is 3.76. The van der Waals surface area contributed by atoms with Crippen LogP contribution in [0.5, 0.6) is 0 Å². The standard InChI is InChI=1S/C23H26N10/c1-14(2)17-13-18(24-15(3)21-30-28-19-9-5-7-11-32(19)21)27-23(26-17)25-16(4)22-31-29-20-10-6-8-12-33(20)22/h5-16H,1-4H3,(H2,24,25,26,27). The van der Waals surface area contributed by atoms with E-state index in [9.17, 15) is 0 Å². The van der Waals surface area contributed by atoms with Crippen molar-refractivity contribution in [2.75, 3.05) is 10.6 Å². The van der Waals surface area contributed by atoms with Crippen LogP contribution in [0.4, 0.5) is 11.8 Å². The number of nitrogens with one attached hydrogen (secondary N) is 2. The molecule has 0 aliphatic rings. The van der Waals surface area contributed by atoms with Gasteiger partial charge in [-0.2, -0.15) is 4.98 Å². The van der Waals surface area contributed by atoms with Crippen LogP contribution >= 0.6 is 0 Å². The van der Waals surface area contributed by atoms with Gasteiger partial charge in [-0.25, -0.2) is 4.98 Å². The van der Waals surface area contributed by atoms with Crippen molar-refractivity contribution in [2.45, 2.75) is 45.7 Å². The molecule has 0 aliphatic heterocycles. The monoisotopic (exact) mass is 442 g/mol. The van der Waals surface area contributed by atoms with Crippen LogP contribution in [0.2, 0.25) is 0 Å². The quantitative estimate of drug-likeness (QED) is 0.389. The Balaban J connectivity index is 1.42. The van der Waals surface area contributed by atoms with E-state index in [-0.39, 0.29) is 18.0 Å². The maximum Gasteiger partial charge on any atom is 0.225 e. The van der Waals surface area contributed by atoms with Gasteiger partial charge in [-0.1, -0.05) is 26.0 Å². The number of nitrogens with zero attached hydrogens (tertiary/aromatic N) is 8. The zero-order valence-corrected chi connectivity index (χ0v) is 19.0. The van der Waals surface area contributed by atoms with Crippen LogP contribution in [-0.2, 0) is 0 Å². The molecule has 0 aromatic carbocycles. The number of anilines is 2. The van der Waals surface area contributed by atoms with Gasteiger partial charge in [0.25, 0.3) is 0 Å². The third-order valence-electron chi connectivity index (χ3n) is 5.50. The lowest BCUT2D eigenvalue weighted by Gasteiger charge is -2.18. The second-order valence-electron chi connectivity index (χ2n) is 8.36. The van der Waals surface area contributed by atoms with Crippen LogP contribution in [-0.4, -0.2) is 39.2 Å². The molecule has 0 bridgehead atoms. The summed E-state index contributed by atoms with van der Waals surface area (Å²) < 4.78 is 3.93. The summed E-state index contributed by atoms with van der Waals surface area (Å²) in [7, 11) is 0. The van der Waals surface area contributed by atoms with Crippen molar-refractivity contribution < 1.29 is 0 Å². The molecule has 33 heavy (non-hydrogen) atoms. The summed E-state index contributed by atoms with van der Waals surface area (Å²) in [6.07, 6.45) is 3.91. The zero-order valence-electron chi connectivity index (χ0n) is 19.0. The van der Waals surface area contributed by atoms with Crippen LogP contribution in [0.25, 0.3) is 11.3 Å². The van der Waals surface area contributed by atoms with E-state index < -0.39 is 0 Å². The maximum absolute atomic E-state index is 4.73. The van der Waals surface area contributed by atoms with Crippen molar-refractivity contribution in [2.24, 2.45) is 0 Å². The molecule has 5 aromatic heterocycles. The predicted octanol–water partition coefficient (Wildman–Crippen LogP) is 4.03. The molecule has 0 fully saturated rings. The molecule has 5 heterocycles. The molecule has 2 N–H and O–H groups in total. The molecule has 2 atom stereocenters. The topological polar surface area (TPSA) is 110 Å². The summed E-state index contributed by atoms with van der Waals surface area (Å²) in [4.78, 5) is 9.46. The number of hydrogen-bond acceptors (Lipinski definition) is 8. The van der Waals surface area contributed by atoms with Gasteiger partial charge in [0.15, 0.2) is 22.9 Å². The summed E-state index contributed by atoms with van der Waals surface area (Å²) in [6.45, 7) is 8.28. The van der Waals surface area contributed by atoms with E-state index in [1.165, 1.54) is 0 Å². The molecule has 2 unspecified atom stereocenters. The fraction of sp³-hybridized carbons (Fsp3) is 0.304. The number of hydrogen-bond donors (Lipinski definition) is 2. The lowest BCUT2D eigenvalue weighted by atomic mass is 10.1. The van der Waals surface area contributed by atoms with Gasteiger partial charge in [-0.15, -0.1) is 20.4 Å². The summed E-state index contributed by atoms with van der Waals surface area (Å²) in [5, 5.41) is 24.0. The molecule has 5 rings (SSSR count). The van der Waals surface area contributed by atoms with Crippen LogP contribution in [0.3, 0.4) is 0 Å². The Kier molecular flexibility index (Phi) is 5.33. The van der Waals surface area contributed by atoms with E-state index in [2.05, 4.69) is 44.9 Å². The Hall–Kier alpha value is -4.08. The summed E-state index contributed by atoms with van der Waals surface area (Å²) in [6, 6.07) is 13.4. The molecule has 0 saturated carbocycles. The van der Waals surface area contributed by atoms with Crippen LogP contribution < -0.4 is 10.6 Å². The normalized spacial score (nSPS) is 13.5. The Morgan fingerprint density at radius 2 is 1.27 bits per heavy atom. The van der Waals surface area contributed by atoms with Gasteiger partial charge >= 0.3 is 0 Å². The highest BCUT2D eigenvalue weighted by Crippen LogP contribution is 2.24. The molecule has 0 saturated heterocycles. The van der Waals surface area contributed by atoms with Crippen molar-refractivity contribution in [1.82, 2.24) is 39.2 Å². The van der Waals surface area contributed by atoms with Gasteiger partial charge in [0.1, 0.15) is 5.82 Å². The SMILES string of the molecule is CC(C)c1cc(NC(C)c2nnc3ccccn23)nc(NC(C)c2nnc3ccccn23)n1. The minimum Gasteiger partial charge on any atom is -0.360 e. The first-order chi connectivity index (χ1) is 16.0. The number of pyridine rings is 2. The lowest BCUT2D eigenvalue weighted by molar-refractivity contribution is 0.744. The van der Waals surface area contributed by atoms with E-state index in [1.807, 2.05) is 77.5 Å². The molecule has 0 amide bonds. The lowest BCUT2D eigenvalue weighted by Crippen LogP contribution is -2.16. The third-order valence-corrected chi connectivity index (χ3v) is 5.50. The van der Waals surface area contributed by atoms with Crippen LogP contribution in [0.15, 0.2) is 54.9 Å². The third kappa shape index (κ3) is 4.07. The van der Waals surface area contributed by atoms with Crippen molar-refractivity contribution in [3.8, 4) is 0 Å². The first kappa shape index (κ1) is 20.8. The van der Waals surface area contributed by atoms with E-state index in [4.69, 9.17) is 9.97 Å². The molecule has 0 aliphatic carbocycles. The van der Waals surface area contributed by atoms with Crippen molar-refractivity contribution in [1.29, 1.82) is 0 Å². The average Bonchev–Trinajstić information content (AvgIpc) is 3.43. The van der Waals surface area contributed by atoms with E-state index in [1.54, 1.807) is 0 Å². The minimum atomic E-state index is -0.143. The van der Waals surface area contributed by atoms with E-state index in [0.717, 1.165) is 34.5 Å². The molecule has 0 radical (unpaired) electrons. The van der Waals surface area contributed by atoms with Gasteiger partial charge in [0.05, 0.1) is 17.8 Å². The van der Waals surface area contributed by atoms with Crippen LogP contribution in [0.1, 0.15) is 63.0 Å². The fourth-order valence-corrected chi connectivity index (χ4v) is 3.76. The Morgan fingerprint density at radius 3 is 1.85 bits per heavy atom. The summed E-state index contributed by atoms with van der Waals surface area (Å²) >= 11 is 0. The van der Waals surface area contributed by atoms with E-state index in [0.29, 0.717) is 5.95 Å². The minimum absolute atomic E-state index is 0.108. The highest BCUT2D eigenvalue weighted by Gasteiger charge is 2.18. The first-order valence-corrected chi connectivity index (χ1v) is 11.0. The molecule has 0 spiro atoms. The zero-order chi connectivity index (χ0) is 22.9. The smallest absolute Gasteiger partial charge is 0.225 e. The summed E-state index contributed by atoms with van der Waals surface area (Å²) in [5.74, 6) is 3.09. The molecule has 10 nitrogen and oxygen atoms in total. The van der Waals surface area contributed by atoms with Crippen LogP contribution in [0, 0.1) is 0 Å².